The van der Waals surface area contributed by atoms with E-state index in [1.165, 1.54) is 63.3 Å². The fraction of sp³-hybridized carbons (Fsp3) is 0.929. The van der Waals surface area contributed by atoms with E-state index in [1.54, 1.807) is 0 Å². The lowest BCUT2D eigenvalue weighted by Crippen LogP contribution is -2.13. The summed E-state index contributed by atoms with van der Waals surface area (Å²) < 4.78 is 0. The largest absolute Gasteiger partial charge is 0.299 e. The predicted octanol–water partition coefficient (Wildman–Crippen LogP) is 4.60. The number of hydrogen-bond donors (Lipinski definition) is 0. The van der Waals surface area contributed by atoms with E-state index < -0.39 is 7.26 Å². The monoisotopic (exact) mass is 245 g/mol. The summed E-state index contributed by atoms with van der Waals surface area (Å²) in [5.41, 5.74) is 0. The Morgan fingerprint density at radius 2 is 1.19 bits per heavy atom. The first-order chi connectivity index (χ1) is 7.74. The Balaban J connectivity index is 4.37. The fourth-order valence-electron chi connectivity index (χ4n) is 2.25. The zero-order valence-corrected chi connectivity index (χ0v) is 12.4. The molecule has 96 valence electrons. The van der Waals surface area contributed by atoms with E-state index in [1.807, 2.05) is 0 Å². The standard InChI is InChI=1S/C14H30OP/c1-4-7-11-16(14-10-15,12-8-5-2)13-9-6-3/h10H,4-9,11-14H2,1-3H3/q+1. The average molecular weight is 245 g/mol. The predicted molar refractivity (Wildman–Crippen MR) is 77.2 cm³/mol. The zero-order chi connectivity index (χ0) is 12.3. The molecule has 0 fully saturated rings. The number of aldehydes is 1. The number of carbonyl (C=O) groups is 1. The van der Waals surface area contributed by atoms with Crippen LogP contribution in [0.3, 0.4) is 0 Å². The SMILES string of the molecule is CCCC[P+](CC=O)(CCCC)CCCC. The van der Waals surface area contributed by atoms with Gasteiger partial charge in [-0.3, -0.25) is 4.79 Å². The van der Waals surface area contributed by atoms with Crippen LogP contribution in [-0.2, 0) is 4.79 Å². The summed E-state index contributed by atoms with van der Waals surface area (Å²) >= 11 is 0. The first-order valence-electron chi connectivity index (χ1n) is 7.03. The van der Waals surface area contributed by atoms with Gasteiger partial charge in [-0.1, -0.05) is 40.0 Å². The highest BCUT2D eigenvalue weighted by Gasteiger charge is 2.34. The van der Waals surface area contributed by atoms with E-state index in [0.717, 1.165) is 6.16 Å². The lowest BCUT2D eigenvalue weighted by atomic mass is 10.4. The molecule has 0 N–H and O–H groups in total. The molecule has 0 bridgehead atoms. The van der Waals surface area contributed by atoms with Crippen molar-refractivity contribution < 1.29 is 4.79 Å². The van der Waals surface area contributed by atoms with Crippen molar-refractivity contribution in [1.82, 2.24) is 0 Å². The van der Waals surface area contributed by atoms with Crippen molar-refractivity contribution in [1.29, 1.82) is 0 Å². The quantitative estimate of drug-likeness (QED) is 0.384. The molecule has 16 heavy (non-hydrogen) atoms. The van der Waals surface area contributed by atoms with Crippen molar-refractivity contribution in [3.8, 4) is 0 Å². The highest BCUT2D eigenvalue weighted by molar-refractivity contribution is 7.76. The third kappa shape index (κ3) is 6.63. The van der Waals surface area contributed by atoms with E-state index in [4.69, 9.17) is 0 Å². The summed E-state index contributed by atoms with van der Waals surface area (Å²) in [5, 5.41) is 0. The lowest BCUT2D eigenvalue weighted by molar-refractivity contribution is -0.105. The van der Waals surface area contributed by atoms with Gasteiger partial charge in [-0.15, -0.1) is 0 Å². The summed E-state index contributed by atoms with van der Waals surface area (Å²) in [5.74, 6) is 0. The molecule has 0 aromatic carbocycles. The number of hydrogen-bond acceptors (Lipinski definition) is 1. The second-order valence-corrected chi connectivity index (χ2v) is 9.31. The van der Waals surface area contributed by atoms with Crippen LogP contribution < -0.4 is 0 Å². The van der Waals surface area contributed by atoms with Crippen LogP contribution in [0.15, 0.2) is 0 Å². The molecule has 0 saturated heterocycles. The molecule has 0 aliphatic rings. The van der Waals surface area contributed by atoms with Crippen LogP contribution in [0.2, 0.25) is 0 Å². The molecular weight excluding hydrogens is 215 g/mol. The normalized spacial score (nSPS) is 11.7. The van der Waals surface area contributed by atoms with Crippen molar-refractivity contribution in [2.45, 2.75) is 59.3 Å². The minimum atomic E-state index is -0.914. The Kier molecular flexibility index (Phi) is 10.3. The minimum absolute atomic E-state index is 0.896. The topological polar surface area (TPSA) is 17.1 Å². The summed E-state index contributed by atoms with van der Waals surface area (Å²) in [7, 11) is -0.914. The molecule has 0 atom stereocenters. The molecule has 1 nitrogen and oxygen atoms in total. The van der Waals surface area contributed by atoms with Crippen LogP contribution in [0.4, 0.5) is 0 Å². The molecule has 0 radical (unpaired) electrons. The summed E-state index contributed by atoms with van der Waals surface area (Å²) in [6.07, 6.45) is 14.0. The summed E-state index contributed by atoms with van der Waals surface area (Å²) in [6.45, 7) is 6.78. The van der Waals surface area contributed by atoms with Gasteiger partial charge in [0, 0.05) is 7.26 Å². The fourth-order valence-corrected chi connectivity index (χ4v) is 6.74. The van der Waals surface area contributed by atoms with Crippen LogP contribution >= 0.6 is 7.26 Å². The number of unbranched alkanes of at least 4 members (excludes halogenated alkanes) is 3. The molecule has 0 aliphatic heterocycles. The second kappa shape index (κ2) is 10.3. The molecule has 0 heterocycles. The van der Waals surface area contributed by atoms with Crippen LogP contribution in [0, 0.1) is 0 Å². The molecule has 0 rings (SSSR count). The van der Waals surface area contributed by atoms with Gasteiger partial charge in [0.25, 0.3) is 0 Å². The van der Waals surface area contributed by atoms with Crippen molar-refractivity contribution >= 4 is 13.5 Å². The molecule has 0 aliphatic carbocycles. The van der Waals surface area contributed by atoms with E-state index in [9.17, 15) is 4.79 Å². The maximum atomic E-state index is 10.9. The van der Waals surface area contributed by atoms with Gasteiger partial charge in [-0.25, -0.2) is 0 Å². The lowest BCUT2D eigenvalue weighted by Gasteiger charge is -2.25. The number of rotatable bonds is 11. The van der Waals surface area contributed by atoms with Crippen LogP contribution in [0.25, 0.3) is 0 Å². The van der Waals surface area contributed by atoms with Crippen molar-refractivity contribution in [2.24, 2.45) is 0 Å². The Morgan fingerprint density at radius 1 is 0.812 bits per heavy atom. The van der Waals surface area contributed by atoms with Gasteiger partial charge < -0.3 is 0 Å². The smallest absolute Gasteiger partial charge is 0.157 e. The van der Waals surface area contributed by atoms with E-state index >= 15 is 0 Å². The third-order valence-electron chi connectivity index (χ3n) is 3.42. The van der Waals surface area contributed by atoms with Crippen LogP contribution in [0.1, 0.15) is 59.3 Å². The Hall–Kier alpha value is 0.100. The van der Waals surface area contributed by atoms with Gasteiger partial charge in [0.2, 0.25) is 0 Å². The van der Waals surface area contributed by atoms with Gasteiger partial charge in [0.05, 0.1) is 18.5 Å². The molecule has 0 saturated carbocycles. The summed E-state index contributed by atoms with van der Waals surface area (Å²) in [4.78, 5) is 10.9. The zero-order valence-electron chi connectivity index (χ0n) is 11.5. The highest BCUT2D eigenvalue weighted by Crippen LogP contribution is 2.59. The van der Waals surface area contributed by atoms with Crippen molar-refractivity contribution in [2.75, 3.05) is 24.6 Å². The van der Waals surface area contributed by atoms with E-state index in [2.05, 4.69) is 20.8 Å². The Morgan fingerprint density at radius 3 is 1.44 bits per heavy atom. The van der Waals surface area contributed by atoms with Gasteiger partial charge in [-0.05, 0) is 19.3 Å². The maximum Gasteiger partial charge on any atom is 0.157 e. The van der Waals surface area contributed by atoms with Gasteiger partial charge in [-0.2, -0.15) is 0 Å². The minimum Gasteiger partial charge on any atom is -0.299 e. The molecular formula is C14H30OP+. The van der Waals surface area contributed by atoms with E-state index in [0.29, 0.717) is 0 Å². The molecule has 2 heteroatoms. The molecule has 0 aromatic rings. The Labute approximate surface area is 103 Å². The summed E-state index contributed by atoms with van der Waals surface area (Å²) in [6, 6.07) is 0. The van der Waals surface area contributed by atoms with Crippen LogP contribution in [0.5, 0.6) is 0 Å². The molecule has 0 spiro atoms. The van der Waals surface area contributed by atoms with Gasteiger partial charge in [0.1, 0.15) is 6.16 Å². The first kappa shape index (κ1) is 16.1. The highest BCUT2D eigenvalue weighted by atomic mass is 31.2. The molecule has 0 amide bonds. The molecule has 0 unspecified atom stereocenters. The van der Waals surface area contributed by atoms with Crippen molar-refractivity contribution in [3.63, 3.8) is 0 Å². The Bertz CT molecular complexity index is 146. The first-order valence-corrected chi connectivity index (χ1v) is 9.56. The third-order valence-corrected chi connectivity index (χ3v) is 8.14. The van der Waals surface area contributed by atoms with Gasteiger partial charge in [0.15, 0.2) is 6.29 Å². The van der Waals surface area contributed by atoms with E-state index in [-0.39, 0.29) is 0 Å². The van der Waals surface area contributed by atoms with Crippen LogP contribution in [-0.4, -0.2) is 30.9 Å². The molecule has 0 aromatic heterocycles. The average Bonchev–Trinajstić information content (AvgIpc) is 2.31. The van der Waals surface area contributed by atoms with Gasteiger partial charge >= 0.3 is 0 Å². The maximum absolute atomic E-state index is 10.9. The van der Waals surface area contributed by atoms with Crippen molar-refractivity contribution in [3.05, 3.63) is 0 Å². The number of carbonyl (C=O) groups excluding carboxylic acids is 1. The second-order valence-electron chi connectivity index (χ2n) is 4.92.